The van der Waals surface area contributed by atoms with Gasteiger partial charge in [-0.05, 0) is 46.7 Å². The topological polar surface area (TPSA) is 68.5 Å². The van der Waals surface area contributed by atoms with Gasteiger partial charge in [-0.15, -0.1) is 0 Å². The number of nitrogens with one attached hydrogen (secondary N) is 1. The predicted molar refractivity (Wildman–Crippen MR) is 101 cm³/mol. The van der Waals surface area contributed by atoms with Crippen LogP contribution in [0.1, 0.15) is 5.56 Å². The van der Waals surface area contributed by atoms with Crippen LogP contribution in [0, 0.1) is 0 Å². The van der Waals surface area contributed by atoms with E-state index in [4.69, 9.17) is 9.15 Å². The van der Waals surface area contributed by atoms with E-state index in [0.29, 0.717) is 5.69 Å². The van der Waals surface area contributed by atoms with Crippen LogP contribution >= 0.6 is 11.3 Å². The summed E-state index contributed by atoms with van der Waals surface area (Å²) in [6.45, 7) is -0.312. The third-order valence-corrected chi connectivity index (χ3v) is 4.69. The predicted octanol–water partition coefficient (Wildman–Crippen LogP) is 4.37. The van der Waals surface area contributed by atoms with E-state index in [1.54, 1.807) is 6.07 Å². The fraction of sp³-hybridized carbons (Fsp3) is 0.100. The van der Waals surface area contributed by atoms with E-state index in [2.05, 4.69) is 5.32 Å². The number of esters is 1. The van der Waals surface area contributed by atoms with Gasteiger partial charge in [-0.2, -0.15) is 11.3 Å². The van der Waals surface area contributed by atoms with E-state index in [1.165, 1.54) is 11.3 Å². The Morgan fingerprint density at radius 2 is 1.88 bits per heavy atom. The minimum Gasteiger partial charge on any atom is -0.456 e. The maximum atomic E-state index is 12.0. The van der Waals surface area contributed by atoms with Gasteiger partial charge in [-0.1, -0.05) is 18.2 Å². The van der Waals surface area contributed by atoms with Crippen LogP contribution in [0.15, 0.2) is 63.7 Å². The van der Waals surface area contributed by atoms with E-state index < -0.39 is 5.97 Å². The molecule has 0 radical (unpaired) electrons. The molecule has 1 amide bonds. The minimum atomic E-state index is -0.421. The SMILES string of the molecule is O=C(COC(=O)Cc1ccsc1)Nc1ccc2oc3ccccc3c2c1. The van der Waals surface area contributed by atoms with E-state index in [9.17, 15) is 9.59 Å². The van der Waals surface area contributed by atoms with Crippen molar-refractivity contribution in [2.75, 3.05) is 11.9 Å². The molecule has 0 spiro atoms. The van der Waals surface area contributed by atoms with Gasteiger partial charge in [0.2, 0.25) is 0 Å². The van der Waals surface area contributed by atoms with Gasteiger partial charge < -0.3 is 14.5 Å². The molecule has 5 nitrogen and oxygen atoms in total. The van der Waals surface area contributed by atoms with Crippen molar-refractivity contribution >= 4 is 50.8 Å². The normalized spacial score (nSPS) is 10.9. The lowest BCUT2D eigenvalue weighted by Gasteiger charge is -2.06. The van der Waals surface area contributed by atoms with Crippen molar-refractivity contribution in [3.8, 4) is 0 Å². The maximum Gasteiger partial charge on any atom is 0.310 e. The van der Waals surface area contributed by atoms with E-state index >= 15 is 0 Å². The van der Waals surface area contributed by atoms with Crippen LogP contribution in [0.2, 0.25) is 0 Å². The lowest BCUT2D eigenvalue weighted by molar-refractivity contribution is -0.146. The second-order valence-electron chi connectivity index (χ2n) is 5.83. The number of ether oxygens (including phenoxy) is 1. The molecule has 0 bridgehead atoms. The first-order valence-electron chi connectivity index (χ1n) is 8.07. The van der Waals surface area contributed by atoms with Crippen molar-refractivity contribution in [1.29, 1.82) is 0 Å². The monoisotopic (exact) mass is 365 g/mol. The van der Waals surface area contributed by atoms with Crippen molar-refractivity contribution in [3.63, 3.8) is 0 Å². The number of thiophene rings is 1. The lowest BCUT2D eigenvalue weighted by Crippen LogP contribution is -2.21. The summed E-state index contributed by atoms with van der Waals surface area (Å²) in [5.74, 6) is -0.800. The van der Waals surface area contributed by atoms with Crippen molar-refractivity contribution < 1.29 is 18.7 Å². The van der Waals surface area contributed by atoms with Gasteiger partial charge >= 0.3 is 5.97 Å². The molecular formula is C20H15NO4S. The second-order valence-corrected chi connectivity index (χ2v) is 6.61. The zero-order valence-corrected chi connectivity index (χ0v) is 14.5. The van der Waals surface area contributed by atoms with Crippen molar-refractivity contribution in [3.05, 3.63) is 64.9 Å². The van der Waals surface area contributed by atoms with Crippen LogP contribution in [0.4, 0.5) is 5.69 Å². The number of para-hydroxylation sites is 1. The number of furan rings is 1. The number of rotatable bonds is 5. The zero-order chi connectivity index (χ0) is 17.9. The average Bonchev–Trinajstić information content (AvgIpc) is 3.27. The van der Waals surface area contributed by atoms with Gasteiger partial charge in [0.1, 0.15) is 11.2 Å². The summed E-state index contributed by atoms with van der Waals surface area (Å²) in [5, 5.41) is 8.43. The van der Waals surface area contributed by atoms with Crippen molar-refractivity contribution in [1.82, 2.24) is 0 Å². The maximum absolute atomic E-state index is 12.0. The average molecular weight is 365 g/mol. The summed E-state index contributed by atoms with van der Waals surface area (Å²) >= 11 is 1.52. The molecule has 6 heteroatoms. The largest absolute Gasteiger partial charge is 0.456 e. The first kappa shape index (κ1) is 16.4. The molecule has 2 aromatic carbocycles. The summed E-state index contributed by atoms with van der Waals surface area (Å²) in [6, 6.07) is 15.0. The Labute approximate surface area is 153 Å². The van der Waals surface area contributed by atoms with E-state index in [0.717, 1.165) is 27.5 Å². The van der Waals surface area contributed by atoms with Gasteiger partial charge in [-0.3, -0.25) is 9.59 Å². The van der Waals surface area contributed by atoms with Gasteiger partial charge in [0, 0.05) is 16.5 Å². The van der Waals surface area contributed by atoms with Crippen LogP contribution < -0.4 is 5.32 Å². The highest BCUT2D eigenvalue weighted by molar-refractivity contribution is 7.08. The number of anilines is 1. The third-order valence-electron chi connectivity index (χ3n) is 3.95. The molecule has 130 valence electrons. The van der Waals surface area contributed by atoms with Crippen LogP contribution in [-0.4, -0.2) is 18.5 Å². The summed E-state index contributed by atoms with van der Waals surface area (Å²) in [5.41, 5.74) is 3.07. The number of amides is 1. The van der Waals surface area contributed by atoms with Crippen LogP contribution in [0.5, 0.6) is 0 Å². The fourth-order valence-electron chi connectivity index (χ4n) is 2.76. The molecule has 2 heterocycles. The molecule has 4 aromatic rings. The third kappa shape index (κ3) is 3.45. The van der Waals surface area contributed by atoms with Crippen LogP contribution in [0.3, 0.4) is 0 Å². The molecule has 4 rings (SSSR count). The quantitative estimate of drug-likeness (QED) is 0.533. The highest BCUT2D eigenvalue weighted by atomic mass is 32.1. The van der Waals surface area contributed by atoms with E-state index in [-0.39, 0.29) is 18.9 Å². The van der Waals surface area contributed by atoms with Crippen molar-refractivity contribution in [2.24, 2.45) is 0 Å². The molecule has 0 aliphatic carbocycles. The number of benzene rings is 2. The molecular weight excluding hydrogens is 350 g/mol. The van der Waals surface area contributed by atoms with Crippen LogP contribution in [0.25, 0.3) is 21.9 Å². The number of carbonyl (C=O) groups excluding carboxylic acids is 2. The lowest BCUT2D eigenvalue weighted by atomic mass is 10.1. The molecule has 0 saturated heterocycles. The molecule has 2 aromatic heterocycles. The summed E-state index contributed by atoms with van der Waals surface area (Å²) < 4.78 is 10.8. The highest BCUT2D eigenvalue weighted by Gasteiger charge is 2.11. The first-order valence-corrected chi connectivity index (χ1v) is 9.01. The second kappa shape index (κ2) is 7.01. The minimum absolute atomic E-state index is 0.170. The molecule has 0 saturated carbocycles. The molecule has 0 unspecified atom stereocenters. The van der Waals surface area contributed by atoms with Gasteiger partial charge in [0.15, 0.2) is 6.61 Å². The van der Waals surface area contributed by atoms with Gasteiger partial charge in [-0.25, -0.2) is 0 Å². The smallest absolute Gasteiger partial charge is 0.310 e. The molecule has 0 fully saturated rings. The van der Waals surface area contributed by atoms with E-state index in [1.807, 2.05) is 53.2 Å². The van der Waals surface area contributed by atoms with Gasteiger partial charge in [0.05, 0.1) is 6.42 Å². The summed E-state index contributed by atoms with van der Waals surface area (Å²) in [4.78, 5) is 23.8. The summed E-state index contributed by atoms with van der Waals surface area (Å²) in [6.07, 6.45) is 0.170. The summed E-state index contributed by atoms with van der Waals surface area (Å²) in [7, 11) is 0. The first-order chi connectivity index (χ1) is 12.7. The molecule has 26 heavy (non-hydrogen) atoms. The number of hydrogen-bond acceptors (Lipinski definition) is 5. The standard InChI is InChI=1S/C20H15NO4S/c22-19(11-24-20(23)9-13-7-8-26-12-13)21-14-5-6-18-16(10-14)15-3-1-2-4-17(15)25-18/h1-8,10,12H,9,11H2,(H,21,22). The molecule has 0 aliphatic heterocycles. The number of hydrogen-bond donors (Lipinski definition) is 1. The number of carbonyl (C=O) groups is 2. The Hall–Kier alpha value is -3.12. The van der Waals surface area contributed by atoms with Gasteiger partial charge in [0.25, 0.3) is 5.91 Å². The van der Waals surface area contributed by atoms with Crippen LogP contribution in [-0.2, 0) is 20.7 Å². The Balaban J connectivity index is 1.41. The highest BCUT2D eigenvalue weighted by Crippen LogP contribution is 2.30. The Morgan fingerprint density at radius 1 is 1.04 bits per heavy atom. The Bertz CT molecular complexity index is 1080. The fourth-order valence-corrected chi connectivity index (χ4v) is 3.43. The molecule has 0 aliphatic rings. The molecule has 1 N–H and O–H groups in total. The van der Waals surface area contributed by atoms with Crippen molar-refractivity contribution in [2.45, 2.75) is 6.42 Å². The Morgan fingerprint density at radius 3 is 2.73 bits per heavy atom. The molecule has 0 atom stereocenters. The Kier molecular flexibility index (Phi) is 4.41. The zero-order valence-electron chi connectivity index (χ0n) is 13.7. The number of fused-ring (bicyclic) bond motifs is 3.